The van der Waals surface area contributed by atoms with Crippen molar-refractivity contribution in [1.29, 1.82) is 0 Å². The third kappa shape index (κ3) is 3.06. The Morgan fingerprint density at radius 3 is 2.62 bits per heavy atom. The molecule has 13 heavy (non-hydrogen) atoms. The quantitative estimate of drug-likeness (QED) is 0.775. The van der Waals surface area contributed by atoms with Crippen LogP contribution in [-0.4, -0.2) is 22.2 Å². The van der Waals surface area contributed by atoms with Crippen molar-refractivity contribution in [3.8, 4) is 0 Å². The molecule has 1 rings (SSSR count). The first-order valence-corrected chi connectivity index (χ1v) is 5.32. The minimum Gasteiger partial charge on any atom is -0.392 e. The number of hydrogen-bond acceptors (Lipinski definition) is 4. The van der Waals surface area contributed by atoms with Crippen LogP contribution in [0.15, 0.2) is 11.6 Å². The molecular weight excluding hydrogens is 184 g/mol. The van der Waals surface area contributed by atoms with Crippen molar-refractivity contribution in [2.24, 2.45) is 0 Å². The Morgan fingerprint density at radius 1 is 1.46 bits per heavy atom. The lowest BCUT2D eigenvalue weighted by Crippen LogP contribution is -2.37. The van der Waals surface area contributed by atoms with E-state index in [1.54, 1.807) is 24.5 Å². The van der Waals surface area contributed by atoms with Crippen LogP contribution < -0.4 is 5.32 Å². The van der Waals surface area contributed by atoms with E-state index >= 15 is 0 Å². The summed E-state index contributed by atoms with van der Waals surface area (Å²) in [7, 11) is 0. The van der Waals surface area contributed by atoms with E-state index < -0.39 is 0 Å². The summed E-state index contributed by atoms with van der Waals surface area (Å²) in [6.45, 7) is 5.80. The average Bonchev–Trinajstić information content (AvgIpc) is 2.55. The molecule has 0 aliphatic heterocycles. The number of nitrogens with one attached hydrogen (secondary N) is 1. The summed E-state index contributed by atoms with van der Waals surface area (Å²) >= 11 is 1.63. The highest BCUT2D eigenvalue weighted by atomic mass is 32.1. The van der Waals surface area contributed by atoms with Crippen LogP contribution in [0.5, 0.6) is 0 Å². The molecule has 0 amide bonds. The standard InChI is InChI=1S/C9H16N2OS/c1-6(8(3)12)11-7(2)9-10-4-5-13-9/h4-8,11-12H,1-3H3. The van der Waals surface area contributed by atoms with E-state index in [0.717, 1.165) is 5.01 Å². The zero-order valence-electron chi connectivity index (χ0n) is 8.19. The number of nitrogens with zero attached hydrogens (tertiary/aromatic N) is 1. The molecule has 0 saturated carbocycles. The lowest BCUT2D eigenvalue weighted by Gasteiger charge is -2.20. The first-order chi connectivity index (χ1) is 6.11. The van der Waals surface area contributed by atoms with Gasteiger partial charge in [-0.1, -0.05) is 0 Å². The van der Waals surface area contributed by atoms with Gasteiger partial charge in [-0.15, -0.1) is 11.3 Å². The predicted molar refractivity (Wildman–Crippen MR) is 54.8 cm³/mol. The maximum absolute atomic E-state index is 9.29. The molecule has 3 unspecified atom stereocenters. The second-order valence-corrected chi connectivity index (χ2v) is 4.21. The summed E-state index contributed by atoms with van der Waals surface area (Å²) in [6, 6.07) is 0.309. The summed E-state index contributed by atoms with van der Waals surface area (Å²) in [5.41, 5.74) is 0. The van der Waals surface area contributed by atoms with Gasteiger partial charge in [0.1, 0.15) is 5.01 Å². The van der Waals surface area contributed by atoms with Gasteiger partial charge in [-0.25, -0.2) is 4.98 Å². The maximum Gasteiger partial charge on any atom is 0.109 e. The van der Waals surface area contributed by atoms with Crippen molar-refractivity contribution in [1.82, 2.24) is 10.3 Å². The third-order valence-corrected chi connectivity index (χ3v) is 3.02. The van der Waals surface area contributed by atoms with Gasteiger partial charge in [-0.05, 0) is 20.8 Å². The summed E-state index contributed by atoms with van der Waals surface area (Å²) in [5.74, 6) is 0. The lowest BCUT2D eigenvalue weighted by molar-refractivity contribution is 0.147. The Morgan fingerprint density at radius 2 is 2.15 bits per heavy atom. The van der Waals surface area contributed by atoms with E-state index in [1.807, 2.05) is 12.3 Å². The highest BCUT2D eigenvalue weighted by Crippen LogP contribution is 2.15. The van der Waals surface area contributed by atoms with Gasteiger partial charge in [-0.2, -0.15) is 0 Å². The van der Waals surface area contributed by atoms with Gasteiger partial charge in [0.25, 0.3) is 0 Å². The van der Waals surface area contributed by atoms with E-state index in [-0.39, 0.29) is 18.2 Å². The number of aliphatic hydroxyl groups is 1. The normalized spacial score (nSPS) is 18.2. The molecule has 0 spiro atoms. The molecule has 74 valence electrons. The molecule has 0 aliphatic carbocycles. The molecule has 0 saturated heterocycles. The van der Waals surface area contributed by atoms with E-state index in [4.69, 9.17) is 0 Å². The minimum absolute atomic E-state index is 0.0962. The zero-order valence-corrected chi connectivity index (χ0v) is 9.01. The monoisotopic (exact) mass is 200 g/mol. The second-order valence-electron chi connectivity index (χ2n) is 3.29. The van der Waals surface area contributed by atoms with Gasteiger partial charge < -0.3 is 10.4 Å². The molecule has 4 heteroatoms. The topological polar surface area (TPSA) is 45.1 Å². The predicted octanol–water partition coefficient (Wildman–Crippen LogP) is 1.56. The van der Waals surface area contributed by atoms with Crippen molar-refractivity contribution in [3.63, 3.8) is 0 Å². The van der Waals surface area contributed by atoms with E-state index in [1.165, 1.54) is 0 Å². The largest absolute Gasteiger partial charge is 0.392 e. The van der Waals surface area contributed by atoms with Crippen molar-refractivity contribution >= 4 is 11.3 Å². The number of hydrogen-bond donors (Lipinski definition) is 2. The summed E-state index contributed by atoms with van der Waals surface area (Å²) in [5, 5.41) is 15.6. The van der Waals surface area contributed by atoms with Crippen molar-refractivity contribution in [2.45, 2.75) is 39.0 Å². The highest BCUT2D eigenvalue weighted by molar-refractivity contribution is 7.09. The lowest BCUT2D eigenvalue weighted by atomic mass is 10.2. The number of aliphatic hydroxyl groups excluding tert-OH is 1. The summed E-state index contributed by atoms with van der Waals surface area (Å²) < 4.78 is 0. The van der Waals surface area contributed by atoms with Crippen molar-refractivity contribution in [2.75, 3.05) is 0 Å². The SMILES string of the molecule is CC(NC(C)C(C)O)c1nccs1. The fourth-order valence-electron chi connectivity index (χ4n) is 1.05. The molecule has 0 bridgehead atoms. The van der Waals surface area contributed by atoms with Gasteiger partial charge in [0, 0.05) is 17.6 Å². The zero-order chi connectivity index (χ0) is 9.84. The van der Waals surface area contributed by atoms with Crippen LogP contribution in [0.2, 0.25) is 0 Å². The molecule has 0 fully saturated rings. The van der Waals surface area contributed by atoms with Crippen LogP contribution >= 0.6 is 11.3 Å². The Balaban J connectivity index is 2.46. The van der Waals surface area contributed by atoms with Crippen LogP contribution in [-0.2, 0) is 0 Å². The Hall–Kier alpha value is -0.450. The van der Waals surface area contributed by atoms with Gasteiger partial charge >= 0.3 is 0 Å². The van der Waals surface area contributed by atoms with Crippen LogP contribution in [0.4, 0.5) is 0 Å². The maximum atomic E-state index is 9.29. The molecule has 1 aromatic heterocycles. The Bertz CT molecular complexity index is 236. The average molecular weight is 200 g/mol. The van der Waals surface area contributed by atoms with Crippen molar-refractivity contribution < 1.29 is 5.11 Å². The highest BCUT2D eigenvalue weighted by Gasteiger charge is 2.14. The van der Waals surface area contributed by atoms with E-state index in [2.05, 4.69) is 17.2 Å². The molecule has 0 aromatic carbocycles. The van der Waals surface area contributed by atoms with Gasteiger partial charge in [0.05, 0.1) is 12.1 Å². The third-order valence-electron chi connectivity index (χ3n) is 2.06. The fourth-order valence-corrected chi connectivity index (χ4v) is 1.71. The fraction of sp³-hybridized carbons (Fsp3) is 0.667. The number of thiazole rings is 1. The Kier molecular flexibility index (Phi) is 3.84. The molecule has 3 nitrogen and oxygen atoms in total. The second kappa shape index (κ2) is 4.69. The van der Waals surface area contributed by atoms with Gasteiger partial charge in [-0.3, -0.25) is 0 Å². The number of rotatable bonds is 4. The van der Waals surface area contributed by atoms with Crippen molar-refractivity contribution in [3.05, 3.63) is 16.6 Å². The number of aromatic nitrogens is 1. The molecule has 3 atom stereocenters. The summed E-state index contributed by atoms with van der Waals surface area (Å²) in [4.78, 5) is 4.20. The van der Waals surface area contributed by atoms with E-state index in [9.17, 15) is 5.11 Å². The van der Waals surface area contributed by atoms with Gasteiger partial charge in [0.2, 0.25) is 0 Å². The smallest absolute Gasteiger partial charge is 0.109 e. The van der Waals surface area contributed by atoms with Gasteiger partial charge in [0.15, 0.2) is 0 Å². The molecule has 1 aromatic rings. The molecular formula is C9H16N2OS. The van der Waals surface area contributed by atoms with Crippen LogP contribution in [0.1, 0.15) is 31.8 Å². The molecule has 0 aliphatic rings. The minimum atomic E-state index is -0.331. The van der Waals surface area contributed by atoms with Crippen LogP contribution in [0.25, 0.3) is 0 Å². The van der Waals surface area contributed by atoms with Crippen LogP contribution in [0, 0.1) is 0 Å². The first-order valence-electron chi connectivity index (χ1n) is 4.44. The molecule has 2 N–H and O–H groups in total. The van der Waals surface area contributed by atoms with Crippen LogP contribution in [0.3, 0.4) is 0 Å². The molecule has 0 radical (unpaired) electrons. The van der Waals surface area contributed by atoms with E-state index in [0.29, 0.717) is 0 Å². The molecule has 1 heterocycles. The Labute approximate surface area is 82.8 Å². The summed E-state index contributed by atoms with van der Waals surface area (Å²) in [6.07, 6.45) is 1.47. The first kappa shape index (κ1) is 10.6.